The maximum atomic E-state index is 12.3. The van der Waals surface area contributed by atoms with Gasteiger partial charge in [0.15, 0.2) is 18.1 Å². The Morgan fingerprint density at radius 3 is 2.67 bits per heavy atom. The van der Waals surface area contributed by atoms with Gasteiger partial charge in [0.25, 0.3) is 5.91 Å². The van der Waals surface area contributed by atoms with Crippen LogP contribution in [0.5, 0.6) is 11.5 Å². The highest BCUT2D eigenvalue weighted by Gasteiger charge is 2.42. The van der Waals surface area contributed by atoms with Gasteiger partial charge in [-0.25, -0.2) is 0 Å². The molecule has 0 unspecified atom stereocenters. The molecule has 5 nitrogen and oxygen atoms in total. The second-order valence-electron chi connectivity index (χ2n) is 5.90. The summed E-state index contributed by atoms with van der Waals surface area (Å²) >= 11 is 0. The van der Waals surface area contributed by atoms with Crippen molar-refractivity contribution in [1.29, 1.82) is 0 Å². The quantitative estimate of drug-likeness (QED) is 0.887. The van der Waals surface area contributed by atoms with E-state index in [0.717, 1.165) is 12.5 Å². The van der Waals surface area contributed by atoms with E-state index in [0.29, 0.717) is 24.0 Å². The molecule has 114 valence electrons. The number of carbonyl (C=O) groups excluding carboxylic acids is 1. The average Bonchev–Trinajstić information content (AvgIpc) is 3.27. The molecule has 2 fully saturated rings. The normalized spacial score (nSPS) is 25.0. The van der Waals surface area contributed by atoms with Crippen LogP contribution >= 0.6 is 0 Å². The fourth-order valence-corrected chi connectivity index (χ4v) is 3.05. The molecule has 1 saturated heterocycles. The van der Waals surface area contributed by atoms with Gasteiger partial charge in [0, 0.05) is 19.1 Å². The van der Waals surface area contributed by atoms with Crippen molar-refractivity contribution in [2.75, 3.05) is 26.8 Å². The number of ether oxygens (including phenoxy) is 2. The average molecular weight is 290 g/mol. The summed E-state index contributed by atoms with van der Waals surface area (Å²) in [7, 11) is 1.59. The molecule has 1 aromatic rings. The Morgan fingerprint density at radius 1 is 1.29 bits per heavy atom. The Labute approximate surface area is 125 Å². The van der Waals surface area contributed by atoms with Crippen LogP contribution in [0.15, 0.2) is 24.3 Å². The zero-order chi connectivity index (χ0) is 14.8. The lowest BCUT2D eigenvalue weighted by Gasteiger charge is -2.17. The van der Waals surface area contributed by atoms with E-state index in [-0.39, 0.29) is 18.6 Å². The number of para-hydroxylation sites is 2. The van der Waals surface area contributed by atoms with Crippen molar-refractivity contribution < 1.29 is 14.3 Å². The maximum absolute atomic E-state index is 12.3. The van der Waals surface area contributed by atoms with Gasteiger partial charge in [-0.15, -0.1) is 0 Å². The summed E-state index contributed by atoms with van der Waals surface area (Å²) in [6.45, 7) is 1.46. The Morgan fingerprint density at radius 2 is 2.00 bits per heavy atom. The SMILES string of the molecule is COc1ccccc1OCC(=O)N1C[C@H](C2CC2)[C@@H](N)C1. The van der Waals surface area contributed by atoms with Gasteiger partial charge in [-0.3, -0.25) is 4.79 Å². The van der Waals surface area contributed by atoms with Crippen LogP contribution < -0.4 is 15.2 Å². The highest BCUT2D eigenvalue weighted by molar-refractivity contribution is 5.78. The first-order valence-electron chi connectivity index (χ1n) is 7.48. The smallest absolute Gasteiger partial charge is 0.260 e. The molecule has 2 aliphatic rings. The summed E-state index contributed by atoms with van der Waals surface area (Å²) in [5, 5.41) is 0. The standard InChI is InChI=1S/C16H22N2O3/c1-20-14-4-2-3-5-15(14)21-10-16(19)18-8-12(11-6-7-11)13(17)9-18/h2-5,11-13H,6-10,17H2,1H3/t12-,13+/m1/s1. The van der Waals surface area contributed by atoms with Crippen LogP contribution in [0.25, 0.3) is 0 Å². The first-order valence-corrected chi connectivity index (χ1v) is 7.48. The van der Waals surface area contributed by atoms with Gasteiger partial charge in [0.1, 0.15) is 0 Å². The van der Waals surface area contributed by atoms with Crippen molar-refractivity contribution in [1.82, 2.24) is 4.90 Å². The van der Waals surface area contributed by atoms with Crippen molar-refractivity contribution in [3.05, 3.63) is 24.3 Å². The highest BCUT2D eigenvalue weighted by Crippen LogP contribution is 2.40. The van der Waals surface area contributed by atoms with Crippen LogP contribution in [0.2, 0.25) is 0 Å². The summed E-state index contributed by atoms with van der Waals surface area (Å²) in [6, 6.07) is 7.46. The summed E-state index contributed by atoms with van der Waals surface area (Å²) < 4.78 is 10.8. The van der Waals surface area contributed by atoms with Gasteiger partial charge in [-0.05, 0) is 36.8 Å². The molecule has 0 bridgehead atoms. The lowest BCUT2D eigenvalue weighted by Crippen LogP contribution is -2.35. The van der Waals surface area contributed by atoms with Crippen molar-refractivity contribution in [3.63, 3.8) is 0 Å². The number of likely N-dealkylation sites (tertiary alicyclic amines) is 1. The first-order chi connectivity index (χ1) is 10.2. The third-order valence-corrected chi connectivity index (χ3v) is 4.41. The minimum atomic E-state index is -0.000457. The van der Waals surface area contributed by atoms with Gasteiger partial charge in [-0.2, -0.15) is 0 Å². The summed E-state index contributed by atoms with van der Waals surface area (Å²) in [5.41, 5.74) is 6.15. The number of rotatable bonds is 5. The summed E-state index contributed by atoms with van der Waals surface area (Å²) in [4.78, 5) is 14.1. The lowest BCUT2D eigenvalue weighted by molar-refractivity contribution is -0.132. The van der Waals surface area contributed by atoms with Gasteiger partial charge in [0.2, 0.25) is 0 Å². The Balaban J connectivity index is 1.54. The van der Waals surface area contributed by atoms with Crippen LogP contribution in [0.1, 0.15) is 12.8 Å². The van der Waals surface area contributed by atoms with E-state index < -0.39 is 0 Å². The molecule has 0 radical (unpaired) electrons. The minimum Gasteiger partial charge on any atom is -0.493 e. The molecule has 1 aromatic carbocycles. The topological polar surface area (TPSA) is 64.8 Å². The number of carbonyl (C=O) groups is 1. The van der Waals surface area contributed by atoms with E-state index in [1.807, 2.05) is 23.1 Å². The second kappa shape index (κ2) is 5.93. The largest absolute Gasteiger partial charge is 0.493 e. The Kier molecular flexibility index (Phi) is 4.01. The van der Waals surface area contributed by atoms with E-state index in [1.165, 1.54) is 12.8 Å². The van der Waals surface area contributed by atoms with E-state index in [4.69, 9.17) is 15.2 Å². The van der Waals surface area contributed by atoms with Gasteiger partial charge >= 0.3 is 0 Å². The van der Waals surface area contributed by atoms with Gasteiger partial charge in [0.05, 0.1) is 7.11 Å². The third-order valence-electron chi connectivity index (χ3n) is 4.41. The first kappa shape index (κ1) is 14.2. The number of benzene rings is 1. The molecule has 21 heavy (non-hydrogen) atoms. The predicted molar refractivity (Wildman–Crippen MR) is 79.3 cm³/mol. The molecule has 0 spiro atoms. The van der Waals surface area contributed by atoms with E-state index in [1.54, 1.807) is 13.2 Å². The van der Waals surface area contributed by atoms with Crippen LogP contribution in [-0.4, -0.2) is 43.7 Å². The molecule has 0 aromatic heterocycles. The Bertz CT molecular complexity index is 516. The molecule has 1 amide bonds. The molecule has 2 atom stereocenters. The molecule has 1 aliphatic heterocycles. The van der Waals surface area contributed by atoms with Crippen LogP contribution in [0, 0.1) is 11.8 Å². The number of nitrogens with zero attached hydrogens (tertiary/aromatic N) is 1. The van der Waals surface area contributed by atoms with Crippen molar-refractivity contribution in [2.24, 2.45) is 17.6 Å². The number of nitrogens with two attached hydrogens (primary N) is 1. The molecule has 1 heterocycles. The van der Waals surface area contributed by atoms with E-state index in [9.17, 15) is 4.79 Å². The van der Waals surface area contributed by atoms with Gasteiger partial charge < -0.3 is 20.1 Å². The van der Waals surface area contributed by atoms with Crippen LogP contribution in [-0.2, 0) is 4.79 Å². The highest BCUT2D eigenvalue weighted by atomic mass is 16.5. The van der Waals surface area contributed by atoms with Crippen LogP contribution in [0.3, 0.4) is 0 Å². The van der Waals surface area contributed by atoms with Crippen molar-refractivity contribution >= 4 is 5.91 Å². The zero-order valence-corrected chi connectivity index (χ0v) is 12.3. The molecular weight excluding hydrogens is 268 g/mol. The lowest BCUT2D eigenvalue weighted by atomic mass is 9.99. The third kappa shape index (κ3) is 3.13. The number of hydrogen-bond donors (Lipinski definition) is 1. The van der Waals surface area contributed by atoms with E-state index in [2.05, 4.69) is 0 Å². The molecule has 5 heteroatoms. The minimum absolute atomic E-state index is 0.000457. The van der Waals surface area contributed by atoms with Crippen LogP contribution in [0.4, 0.5) is 0 Å². The van der Waals surface area contributed by atoms with Gasteiger partial charge in [-0.1, -0.05) is 12.1 Å². The fraction of sp³-hybridized carbons (Fsp3) is 0.562. The molecular formula is C16H22N2O3. The zero-order valence-electron chi connectivity index (χ0n) is 12.3. The maximum Gasteiger partial charge on any atom is 0.260 e. The molecule has 1 aliphatic carbocycles. The summed E-state index contributed by atoms with van der Waals surface area (Å²) in [6.07, 6.45) is 2.52. The Hall–Kier alpha value is -1.75. The van der Waals surface area contributed by atoms with Crippen molar-refractivity contribution in [3.8, 4) is 11.5 Å². The predicted octanol–water partition coefficient (Wildman–Crippen LogP) is 1.27. The molecule has 3 rings (SSSR count). The number of amides is 1. The summed E-state index contributed by atoms with van der Waals surface area (Å²) in [5.74, 6) is 2.43. The van der Waals surface area contributed by atoms with E-state index >= 15 is 0 Å². The fourth-order valence-electron chi connectivity index (χ4n) is 3.05. The second-order valence-corrected chi connectivity index (χ2v) is 5.90. The number of methoxy groups -OCH3 is 1. The monoisotopic (exact) mass is 290 g/mol. The molecule has 2 N–H and O–H groups in total. The molecule has 1 saturated carbocycles. The number of hydrogen-bond acceptors (Lipinski definition) is 4. The van der Waals surface area contributed by atoms with Crippen molar-refractivity contribution in [2.45, 2.75) is 18.9 Å².